The van der Waals surface area contributed by atoms with Gasteiger partial charge in [0.2, 0.25) is 5.88 Å². The summed E-state index contributed by atoms with van der Waals surface area (Å²) in [6, 6.07) is 5.61. The van der Waals surface area contributed by atoms with Gasteiger partial charge in [0.25, 0.3) is 5.56 Å². The first-order chi connectivity index (χ1) is 16.9. The molecule has 1 saturated carbocycles. The van der Waals surface area contributed by atoms with Crippen LogP contribution in [0.1, 0.15) is 53.4 Å². The molecule has 3 heterocycles. The maximum absolute atomic E-state index is 13.4. The van der Waals surface area contributed by atoms with E-state index in [-0.39, 0.29) is 11.6 Å². The van der Waals surface area contributed by atoms with Crippen molar-refractivity contribution in [3.8, 4) is 17.1 Å². The molecule has 0 amide bonds. The third-order valence-electron chi connectivity index (χ3n) is 6.14. The van der Waals surface area contributed by atoms with Gasteiger partial charge in [-0.1, -0.05) is 13.8 Å². The lowest BCUT2D eigenvalue weighted by Crippen LogP contribution is -2.38. The molecule has 2 N–H and O–H groups in total. The molecule has 9 heteroatoms. The Hall–Kier alpha value is -3.04. The summed E-state index contributed by atoms with van der Waals surface area (Å²) in [5.41, 5.74) is 2.00. The van der Waals surface area contributed by atoms with Crippen molar-refractivity contribution in [3.63, 3.8) is 0 Å². The summed E-state index contributed by atoms with van der Waals surface area (Å²) in [5.74, 6) is 0.834. The molecular weight excluding hydrogens is 446 g/mol. The minimum atomic E-state index is -0.636. The first kappa shape index (κ1) is 26.6. The SMILES string of the molecule is CC.CCOCCn1c(=O)c(NC2CCC(C)(O)CC2)nc2cnc(-c3ccc(OC)nc3)cc21. The van der Waals surface area contributed by atoms with Crippen molar-refractivity contribution >= 4 is 16.9 Å². The molecule has 0 atom stereocenters. The van der Waals surface area contributed by atoms with E-state index in [1.54, 1.807) is 30.1 Å². The topological polar surface area (TPSA) is 111 Å². The molecule has 3 aromatic rings. The molecule has 1 aliphatic rings. The van der Waals surface area contributed by atoms with E-state index >= 15 is 0 Å². The van der Waals surface area contributed by atoms with Gasteiger partial charge in [-0.15, -0.1) is 0 Å². The van der Waals surface area contributed by atoms with E-state index in [1.165, 1.54) is 0 Å². The Bertz CT molecular complexity index is 1150. The van der Waals surface area contributed by atoms with Gasteiger partial charge in [-0.25, -0.2) is 9.97 Å². The van der Waals surface area contributed by atoms with Crippen molar-refractivity contribution in [3.05, 3.63) is 40.9 Å². The highest BCUT2D eigenvalue weighted by Gasteiger charge is 2.29. The fraction of sp³-hybridized carbons (Fsp3) is 0.538. The van der Waals surface area contributed by atoms with Crippen molar-refractivity contribution in [2.24, 2.45) is 0 Å². The normalized spacial score (nSPS) is 19.7. The van der Waals surface area contributed by atoms with E-state index in [0.29, 0.717) is 61.0 Å². The third-order valence-corrected chi connectivity index (χ3v) is 6.14. The lowest BCUT2D eigenvalue weighted by Gasteiger charge is -2.33. The van der Waals surface area contributed by atoms with Gasteiger partial charge in [0.1, 0.15) is 5.52 Å². The van der Waals surface area contributed by atoms with Crippen LogP contribution < -0.4 is 15.6 Å². The summed E-state index contributed by atoms with van der Waals surface area (Å²) in [5, 5.41) is 13.5. The van der Waals surface area contributed by atoms with Crippen LogP contribution in [0.3, 0.4) is 0 Å². The number of nitrogens with one attached hydrogen (secondary N) is 1. The number of ether oxygens (including phenoxy) is 2. The fourth-order valence-electron chi connectivity index (χ4n) is 4.15. The van der Waals surface area contributed by atoms with E-state index in [2.05, 4.69) is 20.3 Å². The Kier molecular flexibility index (Phi) is 9.17. The van der Waals surface area contributed by atoms with Crippen LogP contribution in [0.25, 0.3) is 22.3 Å². The molecule has 0 aromatic carbocycles. The number of aliphatic hydroxyl groups is 1. The second-order valence-electron chi connectivity index (χ2n) is 8.68. The highest BCUT2D eigenvalue weighted by Crippen LogP contribution is 2.29. The molecule has 1 fully saturated rings. The molecule has 3 aromatic heterocycles. The molecule has 4 rings (SSSR count). The van der Waals surface area contributed by atoms with E-state index in [0.717, 1.165) is 18.4 Å². The Morgan fingerprint density at radius 2 is 1.94 bits per heavy atom. The number of pyridine rings is 2. The van der Waals surface area contributed by atoms with Crippen LogP contribution in [0.4, 0.5) is 5.82 Å². The minimum Gasteiger partial charge on any atom is -0.481 e. The number of rotatable bonds is 8. The second kappa shape index (κ2) is 12.1. The van der Waals surface area contributed by atoms with Gasteiger partial charge in [-0.2, -0.15) is 0 Å². The summed E-state index contributed by atoms with van der Waals surface area (Å²) < 4.78 is 12.4. The van der Waals surface area contributed by atoms with Crippen molar-refractivity contribution in [1.29, 1.82) is 0 Å². The molecule has 0 radical (unpaired) electrons. The summed E-state index contributed by atoms with van der Waals surface area (Å²) in [6.07, 6.45) is 6.33. The van der Waals surface area contributed by atoms with E-state index in [1.807, 2.05) is 39.8 Å². The van der Waals surface area contributed by atoms with Gasteiger partial charge in [-0.3, -0.25) is 9.78 Å². The van der Waals surface area contributed by atoms with Gasteiger partial charge in [0.05, 0.1) is 36.7 Å². The van der Waals surface area contributed by atoms with Gasteiger partial charge >= 0.3 is 0 Å². The van der Waals surface area contributed by atoms with Gasteiger partial charge in [-0.05, 0) is 51.7 Å². The molecular formula is C26H37N5O4. The zero-order valence-electron chi connectivity index (χ0n) is 21.4. The van der Waals surface area contributed by atoms with Crippen LogP contribution >= 0.6 is 0 Å². The summed E-state index contributed by atoms with van der Waals surface area (Å²) in [4.78, 5) is 26.8. The Labute approximate surface area is 206 Å². The van der Waals surface area contributed by atoms with E-state index < -0.39 is 5.60 Å². The standard InChI is InChI=1S/C24H31N5O4.C2H6/c1-4-33-12-11-29-20-13-18(16-5-6-21(32-3)26-14-16)25-15-19(20)28-22(23(29)30)27-17-7-9-24(2,31)10-8-17;1-2/h5-6,13-15,17,31H,4,7-12H2,1-3H3,(H,27,28);1-2H3. The smallest absolute Gasteiger partial charge is 0.293 e. The van der Waals surface area contributed by atoms with Crippen molar-refractivity contribution in [2.45, 2.75) is 71.6 Å². The lowest BCUT2D eigenvalue weighted by molar-refractivity contribution is 0.0196. The predicted octanol–water partition coefficient (Wildman–Crippen LogP) is 4.03. The van der Waals surface area contributed by atoms with Crippen molar-refractivity contribution < 1.29 is 14.6 Å². The number of hydrogen-bond donors (Lipinski definition) is 2. The van der Waals surface area contributed by atoms with Crippen LogP contribution in [0.2, 0.25) is 0 Å². The summed E-state index contributed by atoms with van der Waals surface area (Å²) >= 11 is 0. The zero-order chi connectivity index (χ0) is 25.4. The molecule has 190 valence electrons. The number of fused-ring (bicyclic) bond motifs is 1. The average molecular weight is 484 g/mol. The molecule has 0 bridgehead atoms. The van der Waals surface area contributed by atoms with E-state index in [9.17, 15) is 9.90 Å². The Balaban J connectivity index is 0.00000167. The van der Waals surface area contributed by atoms with Crippen LogP contribution in [0.15, 0.2) is 35.4 Å². The average Bonchev–Trinajstić information content (AvgIpc) is 2.88. The second-order valence-corrected chi connectivity index (χ2v) is 8.68. The molecule has 0 spiro atoms. The van der Waals surface area contributed by atoms with Gasteiger partial charge in [0.15, 0.2) is 5.82 Å². The predicted molar refractivity (Wildman–Crippen MR) is 138 cm³/mol. The first-order valence-electron chi connectivity index (χ1n) is 12.4. The first-order valence-corrected chi connectivity index (χ1v) is 12.4. The number of methoxy groups -OCH3 is 1. The monoisotopic (exact) mass is 483 g/mol. The summed E-state index contributed by atoms with van der Waals surface area (Å²) in [7, 11) is 1.57. The Morgan fingerprint density at radius 1 is 1.20 bits per heavy atom. The largest absolute Gasteiger partial charge is 0.481 e. The molecule has 35 heavy (non-hydrogen) atoms. The van der Waals surface area contributed by atoms with Crippen LogP contribution in [-0.4, -0.2) is 56.6 Å². The number of anilines is 1. The van der Waals surface area contributed by atoms with Crippen LogP contribution in [-0.2, 0) is 11.3 Å². The third kappa shape index (κ3) is 6.55. The molecule has 9 nitrogen and oxygen atoms in total. The van der Waals surface area contributed by atoms with Gasteiger partial charge < -0.3 is 24.5 Å². The number of hydrogen-bond acceptors (Lipinski definition) is 8. The fourth-order valence-corrected chi connectivity index (χ4v) is 4.15. The maximum Gasteiger partial charge on any atom is 0.293 e. The van der Waals surface area contributed by atoms with Gasteiger partial charge in [0, 0.05) is 37.0 Å². The highest BCUT2D eigenvalue weighted by atomic mass is 16.5. The van der Waals surface area contributed by atoms with Crippen LogP contribution in [0.5, 0.6) is 5.88 Å². The quantitative estimate of drug-likeness (QED) is 0.462. The molecule has 1 aliphatic carbocycles. The minimum absolute atomic E-state index is 0.0980. The number of nitrogens with zero attached hydrogens (tertiary/aromatic N) is 4. The van der Waals surface area contributed by atoms with Crippen LogP contribution in [0, 0.1) is 0 Å². The summed E-state index contributed by atoms with van der Waals surface area (Å²) in [6.45, 7) is 9.19. The van der Waals surface area contributed by atoms with Crippen molar-refractivity contribution in [2.75, 3.05) is 25.6 Å². The molecule has 0 aliphatic heterocycles. The van der Waals surface area contributed by atoms with Crippen molar-refractivity contribution in [1.82, 2.24) is 19.5 Å². The Morgan fingerprint density at radius 3 is 2.57 bits per heavy atom. The molecule has 0 unspecified atom stereocenters. The number of aromatic nitrogens is 4. The highest BCUT2D eigenvalue weighted by molar-refractivity contribution is 5.80. The lowest BCUT2D eigenvalue weighted by atomic mass is 9.84. The van der Waals surface area contributed by atoms with E-state index in [4.69, 9.17) is 9.47 Å². The molecule has 0 saturated heterocycles. The maximum atomic E-state index is 13.4. The zero-order valence-corrected chi connectivity index (χ0v) is 21.4.